The first kappa shape index (κ1) is 7.88. The van der Waals surface area contributed by atoms with Gasteiger partial charge >= 0.3 is 0 Å². The van der Waals surface area contributed by atoms with Crippen molar-refractivity contribution in [2.75, 3.05) is 13.1 Å². The average molecular weight is 150 g/mol. The smallest absolute Gasteiger partial charge is 0.242 e. The highest BCUT2D eigenvalue weighted by atomic mass is 19.3. The summed E-state index contributed by atoms with van der Waals surface area (Å²) in [7, 11) is 0. The molecule has 1 aliphatic rings. The molecule has 0 saturated carbocycles. The molecular formula is C6H12F2N2. The van der Waals surface area contributed by atoms with Gasteiger partial charge in [-0.2, -0.15) is 0 Å². The first-order chi connectivity index (χ1) is 4.70. The Hall–Kier alpha value is -0.220. The van der Waals surface area contributed by atoms with Crippen molar-refractivity contribution in [3.8, 4) is 0 Å². The standard InChI is InChI=1S/C6H12F2N2/c7-6(8)5-2-1-3-10(9)4-5/h5-6H,1-4,9H2/t5-/m1/s1. The summed E-state index contributed by atoms with van der Waals surface area (Å²) in [6.45, 7) is 1.10. The normalized spacial score (nSPS) is 29.4. The summed E-state index contributed by atoms with van der Waals surface area (Å²) < 4.78 is 24.0. The van der Waals surface area contributed by atoms with Gasteiger partial charge < -0.3 is 0 Å². The maximum absolute atomic E-state index is 12.0. The van der Waals surface area contributed by atoms with E-state index in [2.05, 4.69) is 0 Å². The summed E-state index contributed by atoms with van der Waals surface area (Å²) in [4.78, 5) is 0. The SMILES string of the molecule is NN1CCC[C@@H](C(F)F)C1. The van der Waals surface area contributed by atoms with Crippen LogP contribution in [0.5, 0.6) is 0 Å². The Morgan fingerprint density at radius 1 is 1.50 bits per heavy atom. The second-order valence-electron chi connectivity index (χ2n) is 2.73. The van der Waals surface area contributed by atoms with E-state index in [9.17, 15) is 8.78 Å². The van der Waals surface area contributed by atoms with Crippen LogP contribution in [0.1, 0.15) is 12.8 Å². The van der Waals surface area contributed by atoms with E-state index in [-0.39, 0.29) is 0 Å². The Morgan fingerprint density at radius 3 is 2.60 bits per heavy atom. The third-order valence-electron chi connectivity index (χ3n) is 1.85. The molecule has 0 aromatic carbocycles. The van der Waals surface area contributed by atoms with E-state index in [0.29, 0.717) is 13.0 Å². The Morgan fingerprint density at radius 2 is 2.20 bits per heavy atom. The van der Waals surface area contributed by atoms with Crippen molar-refractivity contribution >= 4 is 0 Å². The van der Waals surface area contributed by atoms with E-state index in [1.54, 1.807) is 0 Å². The molecule has 1 fully saturated rings. The van der Waals surface area contributed by atoms with Crippen molar-refractivity contribution < 1.29 is 8.78 Å². The molecule has 1 heterocycles. The van der Waals surface area contributed by atoms with Crippen LogP contribution in [0.4, 0.5) is 8.78 Å². The summed E-state index contributed by atoms with van der Waals surface area (Å²) in [5.41, 5.74) is 0. The molecule has 10 heavy (non-hydrogen) atoms. The molecule has 1 rings (SSSR count). The number of nitrogens with two attached hydrogens (primary N) is 1. The fourth-order valence-corrected chi connectivity index (χ4v) is 1.25. The van der Waals surface area contributed by atoms with Gasteiger partial charge in [0.2, 0.25) is 6.43 Å². The molecule has 0 aromatic rings. The third kappa shape index (κ3) is 1.88. The predicted octanol–water partition coefficient (Wildman–Crippen LogP) is 0.837. The number of nitrogens with zero attached hydrogens (tertiary/aromatic N) is 1. The number of hydrazine groups is 1. The molecule has 0 amide bonds. The molecule has 1 aliphatic heterocycles. The lowest BCUT2D eigenvalue weighted by Crippen LogP contribution is -2.42. The van der Waals surface area contributed by atoms with E-state index in [1.807, 2.05) is 0 Å². The quantitative estimate of drug-likeness (QED) is 0.561. The van der Waals surface area contributed by atoms with E-state index in [1.165, 1.54) is 5.01 Å². The Balaban J connectivity index is 2.32. The zero-order valence-electron chi connectivity index (χ0n) is 5.76. The summed E-state index contributed by atoms with van der Waals surface area (Å²) in [6.07, 6.45) is -0.789. The molecule has 2 nitrogen and oxygen atoms in total. The average Bonchev–Trinajstić information content (AvgIpc) is 1.88. The zero-order valence-corrected chi connectivity index (χ0v) is 5.76. The van der Waals surface area contributed by atoms with Gasteiger partial charge in [-0.1, -0.05) is 0 Å². The number of hydrogen-bond acceptors (Lipinski definition) is 2. The molecule has 4 heteroatoms. The highest BCUT2D eigenvalue weighted by Crippen LogP contribution is 2.20. The Labute approximate surface area is 59.0 Å². The lowest BCUT2D eigenvalue weighted by atomic mass is 10.0. The number of rotatable bonds is 1. The van der Waals surface area contributed by atoms with Gasteiger partial charge in [-0.25, -0.2) is 13.8 Å². The first-order valence-corrected chi connectivity index (χ1v) is 3.48. The predicted molar refractivity (Wildman–Crippen MR) is 34.5 cm³/mol. The highest BCUT2D eigenvalue weighted by molar-refractivity contribution is 4.70. The van der Waals surface area contributed by atoms with Crippen molar-refractivity contribution in [2.45, 2.75) is 19.3 Å². The third-order valence-corrected chi connectivity index (χ3v) is 1.85. The van der Waals surface area contributed by atoms with Crippen molar-refractivity contribution in [3.63, 3.8) is 0 Å². The van der Waals surface area contributed by atoms with Crippen molar-refractivity contribution in [1.82, 2.24) is 5.01 Å². The van der Waals surface area contributed by atoms with Gasteiger partial charge in [-0.05, 0) is 12.8 Å². The maximum atomic E-state index is 12.0. The van der Waals surface area contributed by atoms with Crippen molar-refractivity contribution in [3.05, 3.63) is 0 Å². The van der Waals surface area contributed by atoms with Crippen molar-refractivity contribution in [1.29, 1.82) is 0 Å². The minimum Gasteiger partial charge on any atom is -0.269 e. The summed E-state index contributed by atoms with van der Waals surface area (Å²) in [5, 5.41) is 1.47. The van der Waals surface area contributed by atoms with Gasteiger partial charge in [-0.15, -0.1) is 0 Å². The van der Waals surface area contributed by atoms with Crippen LogP contribution in [0.25, 0.3) is 0 Å². The van der Waals surface area contributed by atoms with Crippen LogP contribution in [0.2, 0.25) is 0 Å². The van der Waals surface area contributed by atoms with Crippen LogP contribution in [0.3, 0.4) is 0 Å². The number of halogens is 2. The fourth-order valence-electron chi connectivity index (χ4n) is 1.25. The second kappa shape index (κ2) is 3.25. The minimum atomic E-state index is -2.20. The van der Waals surface area contributed by atoms with Gasteiger partial charge in [0.25, 0.3) is 0 Å². The van der Waals surface area contributed by atoms with Gasteiger partial charge in [0, 0.05) is 19.0 Å². The van der Waals surface area contributed by atoms with E-state index < -0.39 is 12.3 Å². The lowest BCUT2D eigenvalue weighted by Gasteiger charge is -2.28. The topological polar surface area (TPSA) is 29.3 Å². The number of alkyl halides is 2. The monoisotopic (exact) mass is 150 g/mol. The molecule has 0 radical (unpaired) electrons. The van der Waals surface area contributed by atoms with E-state index >= 15 is 0 Å². The number of piperidine rings is 1. The van der Waals surface area contributed by atoms with Gasteiger partial charge in [-0.3, -0.25) is 5.84 Å². The highest BCUT2D eigenvalue weighted by Gasteiger charge is 2.25. The molecule has 1 atom stereocenters. The molecule has 0 spiro atoms. The molecule has 2 N–H and O–H groups in total. The lowest BCUT2D eigenvalue weighted by molar-refractivity contribution is 0.0275. The summed E-state index contributed by atoms with van der Waals surface area (Å²) in [6, 6.07) is 0. The molecular weight excluding hydrogens is 138 g/mol. The molecule has 0 aliphatic carbocycles. The van der Waals surface area contributed by atoms with E-state index in [0.717, 1.165) is 13.0 Å². The molecule has 1 saturated heterocycles. The van der Waals surface area contributed by atoms with Crippen LogP contribution < -0.4 is 5.84 Å². The molecule has 0 bridgehead atoms. The fraction of sp³-hybridized carbons (Fsp3) is 1.00. The molecule has 60 valence electrons. The first-order valence-electron chi connectivity index (χ1n) is 3.48. The van der Waals surface area contributed by atoms with Crippen LogP contribution >= 0.6 is 0 Å². The van der Waals surface area contributed by atoms with Gasteiger partial charge in [0.15, 0.2) is 0 Å². The van der Waals surface area contributed by atoms with Crippen LogP contribution in [0, 0.1) is 5.92 Å². The van der Waals surface area contributed by atoms with E-state index in [4.69, 9.17) is 5.84 Å². The Bertz CT molecular complexity index is 108. The molecule has 0 aromatic heterocycles. The van der Waals surface area contributed by atoms with Crippen LogP contribution in [-0.4, -0.2) is 24.5 Å². The van der Waals surface area contributed by atoms with Crippen LogP contribution in [0.15, 0.2) is 0 Å². The number of hydrogen-bond donors (Lipinski definition) is 1. The van der Waals surface area contributed by atoms with Crippen LogP contribution in [-0.2, 0) is 0 Å². The second-order valence-corrected chi connectivity index (χ2v) is 2.73. The van der Waals surface area contributed by atoms with Crippen molar-refractivity contribution in [2.24, 2.45) is 11.8 Å². The maximum Gasteiger partial charge on any atom is 0.242 e. The zero-order chi connectivity index (χ0) is 7.56. The van der Waals surface area contributed by atoms with Gasteiger partial charge in [0.1, 0.15) is 0 Å². The Kier molecular flexibility index (Phi) is 2.56. The largest absolute Gasteiger partial charge is 0.269 e. The summed E-state index contributed by atoms with van der Waals surface area (Å²) in [5.74, 6) is 4.86. The van der Waals surface area contributed by atoms with Gasteiger partial charge in [0.05, 0.1) is 0 Å². The molecule has 0 unspecified atom stereocenters. The minimum absolute atomic E-state index is 0.345. The summed E-state index contributed by atoms with van der Waals surface area (Å²) >= 11 is 0.